The van der Waals surface area contributed by atoms with Crippen molar-refractivity contribution in [3.63, 3.8) is 0 Å². The molecule has 0 aliphatic carbocycles. The Morgan fingerprint density at radius 3 is 2.33 bits per heavy atom. The molecule has 1 aromatic carbocycles. The van der Waals surface area contributed by atoms with Crippen LogP contribution in [0.4, 0.5) is 0 Å². The maximum Gasteiger partial charge on any atom is 0.376 e. The second kappa shape index (κ2) is 4.75. The van der Waals surface area contributed by atoms with Crippen LogP contribution in [0.1, 0.15) is 5.56 Å². The standard InChI is InChI=1S/C10H7BrO4/c11-7-4-2-1-3-6(7)8(12)5-9(13)10(14)15/h1-5,12H,(H,14,15). The first-order valence-corrected chi connectivity index (χ1v) is 4.74. The number of benzene rings is 1. The fourth-order valence-corrected chi connectivity index (χ4v) is 1.42. The molecule has 0 aliphatic rings. The van der Waals surface area contributed by atoms with Crippen molar-refractivity contribution in [1.82, 2.24) is 0 Å². The molecule has 0 bridgehead atoms. The number of ketones is 1. The van der Waals surface area contributed by atoms with Gasteiger partial charge in [0, 0.05) is 16.1 Å². The van der Waals surface area contributed by atoms with Crippen LogP contribution >= 0.6 is 15.9 Å². The van der Waals surface area contributed by atoms with E-state index >= 15 is 0 Å². The Kier molecular flexibility index (Phi) is 3.62. The van der Waals surface area contributed by atoms with Crippen molar-refractivity contribution in [3.05, 3.63) is 40.4 Å². The lowest BCUT2D eigenvalue weighted by Gasteiger charge is -2.01. The van der Waals surface area contributed by atoms with E-state index in [4.69, 9.17) is 5.11 Å². The molecule has 0 spiro atoms. The second-order valence-corrected chi connectivity index (χ2v) is 3.53. The molecule has 5 heteroatoms. The van der Waals surface area contributed by atoms with Gasteiger partial charge in [-0.1, -0.05) is 34.1 Å². The average Bonchev–Trinajstić information content (AvgIpc) is 2.18. The summed E-state index contributed by atoms with van der Waals surface area (Å²) in [4.78, 5) is 21.0. The van der Waals surface area contributed by atoms with Gasteiger partial charge < -0.3 is 10.2 Å². The van der Waals surface area contributed by atoms with E-state index in [1.807, 2.05) is 0 Å². The minimum Gasteiger partial charge on any atom is -0.507 e. The van der Waals surface area contributed by atoms with Crippen molar-refractivity contribution in [3.8, 4) is 0 Å². The second-order valence-electron chi connectivity index (χ2n) is 2.68. The zero-order chi connectivity index (χ0) is 11.4. The van der Waals surface area contributed by atoms with Crippen LogP contribution in [0.25, 0.3) is 5.76 Å². The first kappa shape index (κ1) is 11.5. The van der Waals surface area contributed by atoms with E-state index in [9.17, 15) is 14.7 Å². The number of carboxylic acids is 1. The third-order valence-corrected chi connectivity index (χ3v) is 2.32. The maximum absolute atomic E-state index is 10.8. The number of halogens is 1. The highest BCUT2D eigenvalue weighted by atomic mass is 79.9. The quantitative estimate of drug-likeness (QED) is 0.501. The van der Waals surface area contributed by atoms with Gasteiger partial charge in [-0.15, -0.1) is 0 Å². The van der Waals surface area contributed by atoms with Gasteiger partial charge in [0.2, 0.25) is 0 Å². The van der Waals surface area contributed by atoms with Gasteiger partial charge in [0.25, 0.3) is 5.78 Å². The van der Waals surface area contributed by atoms with Gasteiger partial charge >= 0.3 is 5.97 Å². The highest BCUT2D eigenvalue weighted by molar-refractivity contribution is 9.10. The summed E-state index contributed by atoms with van der Waals surface area (Å²) >= 11 is 3.16. The lowest BCUT2D eigenvalue weighted by molar-refractivity contribution is -0.146. The van der Waals surface area contributed by atoms with E-state index in [1.165, 1.54) is 0 Å². The number of carbonyl (C=O) groups excluding carboxylic acids is 1. The summed E-state index contributed by atoms with van der Waals surface area (Å²) in [6, 6.07) is 6.63. The number of rotatable bonds is 3. The van der Waals surface area contributed by atoms with Gasteiger partial charge in [-0.25, -0.2) is 4.79 Å². The number of aliphatic hydroxyl groups is 1. The van der Waals surface area contributed by atoms with Gasteiger partial charge in [-0.2, -0.15) is 0 Å². The molecule has 0 radical (unpaired) electrons. The molecule has 78 valence electrons. The normalized spacial score (nSPS) is 11.1. The third-order valence-electron chi connectivity index (χ3n) is 1.63. The molecule has 4 nitrogen and oxygen atoms in total. The summed E-state index contributed by atoms with van der Waals surface area (Å²) < 4.78 is 0.580. The molecule has 0 aliphatic heterocycles. The van der Waals surface area contributed by atoms with Gasteiger partial charge in [0.05, 0.1) is 0 Å². The van der Waals surface area contributed by atoms with Crippen LogP contribution < -0.4 is 0 Å². The first-order valence-electron chi connectivity index (χ1n) is 3.95. The smallest absolute Gasteiger partial charge is 0.376 e. The van der Waals surface area contributed by atoms with Crippen LogP contribution in [0, 0.1) is 0 Å². The highest BCUT2D eigenvalue weighted by Gasteiger charge is 2.11. The van der Waals surface area contributed by atoms with E-state index in [-0.39, 0.29) is 5.76 Å². The van der Waals surface area contributed by atoms with Gasteiger partial charge in [-0.3, -0.25) is 4.79 Å². The molecule has 0 heterocycles. The lowest BCUT2D eigenvalue weighted by Crippen LogP contribution is -2.09. The number of aliphatic hydroxyl groups excluding tert-OH is 1. The third kappa shape index (κ3) is 2.92. The van der Waals surface area contributed by atoms with Crippen molar-refractivity contribution in [1.29, 1.82) is 0 Å². The number of hydrogen-bond acceptors (Lipinski definition) is 3. The molecule has 0 saturated carbocycles. The van der Waals surface area contributed by atoms with Crippen LogP contribution in [-0.2, 0) is 9.59 Å². The van der Waals surface area contributed by atoms with Crippen LogP contribution in [0.5, 0.6) is 0 Å². The van der Waals surface area contributed by atoms with Crippen molar-refractivity contribution < 1.29 is 19.8 Å². The average molecular weight is 271 g/mol. The SMILES string of the molecule is O=C(O)C(=O)C=C(O)c1ccccc1Br. The van der Waals surface area contributed by atoms with Crippen molar-refractivity contribution >= 4 is 33.4 Å². The molecule has 2 N–H and O–H groups in total. The minimum atomic E-state index is -1.60. The first-order chi connectivity index (χ1) is 7.02. The summed E-state index contributed by atoms with van der Waals surface area (Å²) in [7, 11) is 0. The maximum atomic E-state index is 10.8. The number of carboxylic acid groups (broad SMARTS) is 1. The number of hydrogen-bond donors (Lipinski definition) is 2. The fourth-order valence-electron chi connectivity index (χ4n) is 0.933. The zero-order valence-electron chi connectivity index (χ0n) is 7.48. The molecule has 0 unspecified atom stereocenters. The molecular weight excluding hydrogens is 264 g/mol. The van der Waals surface area contributed by atoms with E-state index in [2.05, 4.69) is 15.9 Å². The van der Waals surface area contributed by atoms with Crippen LogP contribution in [-0.4, -0.2) is 22.0 Å². The number of aliphatic carboxylic acids is 1. The Bertz CT molecular complexity index is 437. The van der Waals surface area contributed by atoms with E-state index < -0.39 is 11.8 Å². The largest absolute Gasteiger partial charge is 0.507 e. The molecule has 0 atom stereocenters. The topological polar surface area (TPSA) is 74.6 Å². The van der Waals surface area contributed by atoms with Crippen LogP contribution in [0.3, 0.4) is 0 Å². The Balaban J connectivity index is 3.05. The molecule has 0 amide bonds. The Morgan fingerprint density at radius 1 is 1.20 bits per heavy atom. The van der Waals surface area contributed by atoms with Gasteiger partial charge in [0.15, 0.2) is 0 Å². The molecule has 0 fully saturated rings. The molecule has 15 heavy (non-hydrogen) atoms. The zero-order valence-corrected chi connectivity index (χ0v) is 9.06. The molecule has 0 aromatic heterocycles. The van der Waals surface area contributed by atoms with E-state index in [0.29, 0.717) is 16.1 Å². The lowest BCUT2D eigenvalue weighted by atomic mass is 10.1. The molecular formula is C10H7BrO4. The summed E-state index contributed by atoms with van der Waals surface area (Å²) in [5.74, 6) is -3.15. The van der Waals surface area contributed by atoms with Crippen LogP contribution in [0.2, 0.25) is 0 Å². The Hall–Kier alpha value is -1.62. The van der Waals surface area contributed by atoms with Crippen molar-refractivity contribution in [2.45, 2.75) is 0 Å². The summed E-state index contributed by atoms with van der Waals surface area (Å²) in [6.45, 7) is 0. The molecule has 1 rings (SSSR count). The molecule has 1 aromatic rings. The summed E-state index contributed by atoms with van der Waals surface area (Å²) in [5.41, 5.74) is 0.368. The fraction of sp³-hybridized carbons (Fsp3) is 0. The predicted molar refractivity (Wildman–Crippen MR) is 57.4 cm³/mol. The summed E-state index contributed by atoms with van der Waals surface area (Å²) in [5, 5.41) is 17.8. The predicted octanol–water partition coefficient (Wildman–Crippen LogP) is 2.00. The van der Waals surface area contributed by atoms with Crippen molar-refractivity contribution in [2.75, 3.05) is 0 Å². The Morgan fingerprint density at radius 2 is 1.80 bits per heavy atom. The Labute approximate surface area is 94.0 Å². The monoisotopic (exact) mass is 270 g/mol. The highest BCUT2D eigenvalue weighted by Crippen LogP contribution is 2.21. The van der Waals surface area contributed by atoms with Crippen molar-refractivity contribution in [2.24, 2.45) is 0 Å². The van der Waals surface area contributed by atoms with E-state index in [1.54, 1.807) is 24.3 Å². The number of carbonyl (C=O) groups is 2. The van der Waals surface area contributed by atoms with Gasteiger partial charge in [-0.05, 0) is 6.07 Å². The van der Waals surface area contributed by atoms with E-state index in [0.717, 1.165) is 0 Å². The minimum absolute atomic E-state index is 0.368. The van der Waals surface area contributed by atoms with Gasteiger partial charge in [0.1, 0.15) is 5.76 Å². The summed E-state index contributed by atoms with van der Waals surface area (Å²) in [6.07, 6.45) is 0.669. The molecule has 0 saturated heterocycles. The van der Waals surface area contributed by atoms with Crippen LogP contribution in [0.15, 0.2) is 34.8 Å².